The number of aromatic nitrogens is 2. The van der Waals surface area contributed by atoms with Crippen molar-refractivity contribution >= 4 is 40.1 Å². The lowest BCUT2D eigenvalue weighted by Crippen LogP contribution is -2.41. The molecular formula is C19H23BBrN3O3. The van der Waals surface area contributed by atoms with Crippen LogP contribution in [0.5, 0.6) is 0 Å². The van der Waals surface area contributed by atoms with E-state index >= 15 is 0 Å². The Balaban J connectivity index is 1.62. The van der Waals surface area contributed by atoms with Crippen LogP contribution in [0.4, 0.5) is 5.69 Å². The van der Waals surface area contributed by atoms with E-state index in [-0.39, 0.29) is 17.1 Å². The van der Waals surface area contributed by atoms with Crippen molar-refractivity contribution in [2.75, 3.05) is 11.4 Å². The first-order valence-corrected chi connectivity index (χ1v) is 9.89. The Kier molecular flexibility index (Phi) is 4.29. The van der Waals surface area contributed by atoms with Gasteiger partial charge in [-0.1, -0.05) is 12.1 Å². The van der Waals surface area contributed by atoms with Gasteiger partial charge in [-0.15, -0.1) is 0 Å². The molecule has 1 amide bonds. The fraction of sp³-hybridized carbons (Fsp3) is 0.474. The number of benzene rings is 1. The van der Waals surface area contributed by atoms with E-state index in [1.165, 1.54) is 0 Å². The van der Waals surface area contributed by atoms with Crippen LogP contribution in [0.25, 0.3) is 0 Å². The van der Waals surface area contributed by atoms with Gasteiger partial charge in [-0.3, -0.25) is 9.48 Å². The van der Waals surface area contributed by atoms with E-state index in [1.807, 2.05) is 57.7 Å². The summed E-state index contributed by atoms with van der Waals surface area (Å²) in [5.74, 6) is -0.0443. The van der Waals surface area contributed by atoms with Crippen LogP contribution in [-0.2, 0) is 15.9 Å². The molecule has 0 atom stereocenters. The molecule has 0 unspecified atom stereocenters. The number of halogens is 1. The molecule has 1 fully saturated rings. The van der Waals surface area contributed by atoms with Crippen molar-refractivity contribution in [2.45, 2.75) is 52.4 Å². The summed E-state index contributed by atoms with van der Waals surface area (Å²) in [7, 11) is -0.407. The summed E-state index contributed by atoms with van der Waals surface area (Å²) in [5.41, 5.74) is 2.72. The molecule has 1 saturated heterocycles. The van der Waals surface area contributed by atoms with Crippen molar-refractivity contribution in [2.24, 2.45) is 0 Å². The molecule has 0 bridgehead atoms. The van der Waals surface area contributed by atoms with Gasteiger partial charge in [0.2, 0.25) is 0 Å². The molecule has 0 N–H and O–H groups in total. The molecule has 0 aliphatic carbocycles. The van der Waals surface area contributed by atoms with E-state index in [0.29, 0.717) is 18.8 Å². The number of anilines is 1. The van der Waals surface area contributed by atoms with Crippen molar-refractivity contribution in [1.82, 2.24) is 9.78 Å². The van der Waals surface area contributed by atoms with Gasteiger partial charge in [0.25, 0.3) is 5.91 Å². The standard InChI is InChI=1S/C19H23BBrN3O3/c1-12-10-13(20-26-18(2,3)19(4,5)27-20)6-7-15(12)23-8-9-24-16(17(23)25)14(21)11-22-24/h6-7,10-11H,8-9H2,1-5H3. The molecule has 4 rings (SSSR count). The molecule has 2 aromatic rings. The second-order valence-electron chi connectivity index (χ2n) is 8.16. The average Bonchev–Trinajstić information content (AvgIpc) is 3.06. The fourth-order valence-electron chi connectivity index (χ4n) is 3.51. The minimum absolute atomic E-state index is 0.0443. The van der Waals surface area contributed by atoms with Crippen molar-refractivity contribution in [1.29, 1.82) is 0 Å². The van der Waals surface area contributed by atoms with Crippen LogP contribution in [0.15, 0.2) is 28.9 Å². The van der Waals surface area contributed by atoms with Crippen LogP contribution in [0, 0.1) is 6.92 Å². The summed E-state index contributed by atoms with van der Waals surface area (Å²) in [6, 6.07) is 6.01. The summed E-state index contributed by atoms with van der Waals surface area (Å²) in [6.45, 7) is 11.5. The first kappa shape index (κ1) is 18.7. The van der Waals surface area contributed by atoms with E-state index in [4.69, 9.17) is 9.31 Å². The van der Waals surface area contributed by atoms with Crippen molar-refractivity contribution in [3.63, 3.8) is 0 Å². The lowest BCUT2D eigenvalue weighted by molar-refractivity contribution is 0.00578. The van der Waals surface area contributed by atoms with Crippen LogP contribution < -0.4 is 10.4 Å². The SMILES string of the molecule is Cc1cc(B2OC(C)(C)C(C)(C)O2)ccc1N1CCn2ncc(Br)c2C1=O. The number of rotatable bonds is 2. The van der Waals surface area contributed by atoms with Gasteiger partial charge in [-0.05, 0) is 67.6 Å². The molecule has 0 saturated carbocycles. The zero-order valence-electron chi connectivity index (χ0n) is 16.2. The zero-order valence-corrected chi connectivity index (χ0v) is 17.8. The number of fused-ring (bicyclic) bond motifs is 1. The first-order valence-electron chi connectivity index (χ1n) is 9.10. The van der Waals surface area contributed by atoms with Gasteiger partial charge in [0, 0.05) is 12.2 Å². The topological polar surface area (TPSA) is 56.6 Å². The number of aryl methyl sites for hydroxylation is 1. The van der Waals surface area contributed by atoms with E-state index in [1.54, 1.807) is 10.9 Å². The highest BCUT2D eigenvalue weighted by Crippen LogP contribution is 2.37. The Morgan fingerprint density at radius 2 is 1.81 bits per heavy atom. The maximum atomic E-state index is 12.9. The lowest BCUT2D eigenvalue weighted by Gasteiger charge is -2.32. The number of carbonyl (C=O) groups is 1. The Hall–Kier alpha value is -1.64. The van der Waals surface area contributed by atoms with Crippen LogP contribution in [0.3, 0.4) is 0 Å². The normalized spacial score (nSPS) is 20.9. The third-order valence-electron chi connectivity index (χ3n) is 5.81. The smallest absolute Gasteiger partial charge is 0.399 e. The van der Waals surface area contributed by atoms with Crippen molar-refractivity contribution in [3.8, 4) is 0 Å². The number of carbonyl (C=O) groups excluding carboxylic acids is 1. The van der Waals surface area contributed by atoms with E-state index in [0.717, 1.165) is 21.2 Å². The summed E-state index contributed by atoms with van der Waals surface area (Å²) in [5, 5.41) is 4.24. The second kappa shape index (κ2) is 6.19. The Morgan fingerprint density at radius 1 is 1.15 bits per heavy atom. The Labute approximate surface area is 168 Å². The van der Waals surface area contributed by atoms with Gasteiger partial charge >= 0.3 is 7.12 Å². The lowest BCUT2D eigenvalue weighted by atomic mass is 9.78. The summed E-state index contributed by atoms with van der Waals surface area (Å²) >= 11 is 3.42. The zero-order chi connectivity index (χ0) is 19.6. The van der Waals surface area contributed by atoms with Crippen LogP contribution >= 0.6 is 15.9 Å². The molecule has 2 aliphatic rings. The van der Waals surface area contributed by atoms with Crippen LogP contribution in [0.1, 0.15) is 43.7 Å². The number of nitrogens with zero attached hydrogens (tertiary/aromatic N) is 3. The highest BCUT2D eigenvalue weighted by Gasteiger charge is 2.51. The summed E-state index contributed by atoms with van der Waals surface area (Å²) < 4.78 is 14.8. The minimum atomic E-state index is -0.407. The van der Waals surface area contributed by atoms with Gasteiger partial charge in [0.1, 0.15) is 5.69 Å². The molecule has 6 nitrogen and oxygen atoms in total. The maximum Gasteiger partial charge on any atom is 0.494 e. The average molecular weight is 432 g/mol. The molecule has 0 radical (unpaired) electrons. The number of hydrogen-bond acceptors (Lipinski definition) is 4. The van der Waals surface area contributed by atoms with Gasteiger partial charge in [0.05, 0.1) is 28.4 Å². The minimum Gasteiger partial charge on any atom is -0.399 e. The van der Waals surface area contributed by atoms with E-state index < -0.39 is 7.12 Å². The van der Waals surface area contributed by atoms with Gasteiger partial charge in [0.15, 0.2) is 0 Å². The summed E-state index contributed by atoms with van der Waals surface area (Å²) in [4.78, 5) is 14.8. The Bertz CT molecular complexity index is 909. The highest BCUT2D eigenvalue weighted by atomic mass is 79.9. The fourth-order valence-corrected chi connectivity index (χ4v) is 3.97. The Morgan fingerprint density at radius 3 is 2.44 bits per heavy atom. The third kappa shape index (κ3) is 2.94. The number of amides is 1. The van der Waals surface area contributed by atoms with Crippen LogP contribution in [-0.4, -0.2) is 40.6 Å². The third-order valence-corrected chi connectivity index (χ3v) is 6.40. The first-order chi connectivity index (χ1) is 12.6. The molecule has 0 spiro atoms. The molecule has 2 aliphatic heterocycles. The molecular weight excluding hydrogens is 409 g/mol. The van der Waals surface area contributed by atoms with Gasteiger partial charge in [-0.25, -0.2) is 0 Å². The van der Waals surface area contributed by atoms with Crippen molar-refractivity contribution in [3.05, 3.63) is 40.1 Å². The quantitative estimate of drug-likeness (QED) is 0.686. The van der Waals surface area contributed by atoms with Gasteiger partial charge in [-0.2, -0.15) is 5.10 Å². The highest BCUT2D eigenvalue weighted by molar-refractivity contribution is 9.10. The maximum absolute atomic E-state index is 12.9. The monoisotopic (exact) mass is 431 g/mol. The second-order valence-corrected chi connectivity index (χ2v) is 9.01. The van der Waals surface area contributed by atoms with E-state index in [2.05, 4.69) is 21.0 Å². The molecule has 142 valence electrons. The predicted molar refractivity (Wildman–Crippen MR) is 108 cm³/mol. The molecule has 3 heterocycles. The van der Waals surface area contributed by atoms with Gasteiger partial charge < -0.3 is 14.2 Å². The largest absolute Gasteiger partial charge is 0.494 e. The van der Waals surface area contributed by atoms with Crippen molar-refractivity contribution < 1.29 is 14.1 Å². The van der Waals surface area contributed by atoms with E-state index in [9.17, 15) is 4.79 Å². The van der Waals surface area contributed by atoms with Crippen LogP contribution in [0.2, 0.25) is 0 Å². The molecule has 1 aromatic carbocycles. The molecule has 8 heteroatoms. The predicted octanol–water partition coefficient (Wildman–Crippen LogP) is 2.91. The molecule has 27 heavy (non-hydrogen) atoms. The summed E-state index contributed by atoms with van der Waals surface area (Å²) in [6.07, 6.45) is 1.67. The number of hydrogen-bond donors (Lipinski definition) is 0. The molecule has 1 aromatic heterocycles.